The number of anilines is 1. The monoisotopic (exact) mass is 289 g/mol. The minimum atomic E-state index is -0.488. The molecule has 0 bridgehead atoms. The Morgan fingerprint density at radius 2 is 1.90 bits per heavy atom. The summed E-state index contributed by atoms with van der Waals surface area (Å²) in [6.45, 7) is 8.54. The fraction of sp³-hybridized carbons (Fsp3) is 0.529. The SMILES string of the molecule is CCOC(=O)C1CCC(=O)N1c1ccc(C(C)(C)C)cc1. The molecule has 1 aromatic carbocycles. The number of carbonyl (C=O) groups excluding carboxylic acids is 2. The Balaban J connectivity index is 2.26. The predicted octanol–water partition coefficient (Wildman–Crippen LogP) is 3.04. The number of hydrogen-bond acceptors (Lipinski definition) is 3. The quantitative estimate of drug-likeness (QED) is 0.803. The average molecular weight is 289 g/mol. The predicted molar refractivity (Wildman–Crippen MR) is 82.3 cm³/mol. The Morgan fingerprint density at radius 3 is 2.43 bits per heavy atom. The zero-order valence-corrected chi connectivity index (χ0v) is 13.2. The highest BCUT2D eigenvalue weighted by Crippen LogP contribution is 2.30. The molecule has 0 saturated carbocycles. The molecule has 1 saturated heterocycles. The molecule has 4 heteroatoms. The lowest BCUT2D eigenvalue weighted by Crippen LogP contribution is -2.39. The lowest BCUT2D eigenvalue weighted by molar-refractivity contribution is -0.144. The van der Waals surface area contributed by atoms with E-state index in [-0.39, 0.29) is 17.3 Å². The molecule has 1 heterocycles. The molecule has 21 heavy (non-hydrogen) atoms. The van der Waals surface area contributed by atoms with E-state index in [1.54, 1.807) is 11.8 Å². The second-order valence-electron chi connectivity index (χ2n) is 6.37. The van der Waals surface area contributed by atoms with Crippen LogP contribution < -0.4 is 4.90 Å². The van der Waals surface area contributed by atoms with Gasteiger partial charge in [-0.2, -0.15) is 0 Å². The van der Waals surface area contributed by atoms with Crippen molar-refractivity contribution in [3.63, 3.8) is 0 Å². The Bertz CT molecular complexity index is 528. The third kappa shape index (κ3) is 3.26. The second kappa shape index (κ2) is 5.88. The van der Waals surface area contributed by atoms with Crippen molar-refractivity contribution in [1.82, 2.24) is 0 Å². The minimum absolute atomic E-state index is 0.0171. The minimum Gasteiger partial charge on any atom is -0.464 e. The fourth-order valence-electron chi connectivity index (χ4n) is 2.59. The van der Waals surface area contributed by atoms with Crippen molar-refractivity contribution >= 4 is 17.6 Å². The zero-order chi connectivity index (χ0) is 15.6. The molecule has 0 N–H and O–H groups in total. The number of esters is 1. The Kier molecular flexibility index (Phi) is 4.35. The molecule has 1 atom stereocenters. The summed E-state index contributed by atoms with van der Waals surface area (Å²) in [5, 5.41) is 0. The highest BCUT2D eigenvalue weighted by Gasteiger charge is 2.38. The van der Waals surface area contributed by atoms with Crippen molar-refractivity contribution in [2.24, 2.45) is 0 Å². The van der Waals surface area contributed by atoms with Crippen LogP contribution in [0.4, 0.5) is 5.69 Å². The van der Waals surface area contributed by atoms with Gasteiger partial charge in [-0.05, 0) is 36.5 Å². The molecule has 1 amide bonds. The summed E-state index contributed by atoms with van der Waals surface area (Å²) in [6.07, 6.45) is 0.920. The van der Waals surface area contributed by atoms with Gasteiger partial charge in [0, 0.05) is 12.1 Å². The molecule has 114 valence electrons. The summed E-state index contributed by atoms with van der Waals surface area (Å²) in [5.41, 5.74) is 2.03. The first-order valence-corrected chi connectivity index (χ1v) is 7.44. The Morgan fingerprint density at radius 1 is 1.29 bits per heavy atom. The first-order chi connectivity index (χ1) is 9.84. The van der Waals surface area contributed by atoms with Gasteiger partial charge in [0.2, 0.25) is 5.91 Å². The van der Waals surface area contributed by atoms with Gasteiger partial charge >= 0.3 is 5.97 Å². The number of amides is 1. The van der Waals surface area contributed by atoms with E-state index in [1.165, 1.54) is 5.56 Å². The van der Waals surface area contributed by atoms with Gasteiger partial charge in [-0.25, -0.2) is 4.79 Å². The summed E-state index contributed by atoms with van der Waals surface area (Å²) >= 11 is 0. The molecule has 0 spiro atoms. The third-order valence-electron chi connectivity index (χ3n) is 3.78. The van der Waals surface area contributed by atoms with Gasteiger partial charge in [-0.15, -0.1) is 0 Å². The summed E-state index contributed by atoms with van der Waals surface area (Å²) in [5.74, 6) is -0.334. The second-order valence-corrected chi connectivity index (χ2v) is 6.37. The van der Waals surface area contributed by atoms with Gasteiger partial charge < -0.3 is 4.74 Å². The Labute approximate surface area is 126 Å². The van der Waals surface area contributed by atoms with E-state index in [9.17, 15) is 9.59 Å². The fourth-order valence-corrected chi connectivity index (χ4v) is 2.59. The van der Waals surface area contributed by atoms with E-state index in [1.807, 2.05) is 24.3 Å². The topological polar surface area (TPSA) is 46.6 Å². The normalized spacial score (nSPS) is 19.0. The maximum atomic E-state index is 12.1. The van der Waals surface area contributed by atoms with E-state index in [0.717, 1.165) is 5.69 Å². The molecular weight excluding hydrogens is 266 g/mol. The molecule has 1 aromatic rings. The zero-order valence-electron chi connectivity index (χ0n) is 13.2. The van der Waals surface area contributed by atoms with Crippen LogP contribution in [0, 0.1) is 0 Å². The van der Waals surface area contributed by atoms with E-state index in [0.29, 0.717) is 19.4 Å². The lowest BCUT2D eigenvalue weighted by atomic mass is 9.87. The summed E-state index contributed by atoms with van der Waals surface area (Å²) in [6, 6.07) is 7.37. The molecule has 1 unspecified atom stereocenters. The van der Waals surface area contributed by atoms with Crippen molar-refractivity contribution in [2.45, 2.75) is 52.0 Å². The van der Waals surface area contributed by atoms with Crippen LogP contribution in [-0.2, 0) is 19.7 Å². The van der Waals surface area contributed by atoms with Gasteiger partial charge in [-0.1, -0.05) is 32.9 Å². The maximum absolute atomic E-state index is 12.1. The lowest BCUT2D eigenvalue weighted by Gasteiger charge is -2.25. The summed E-state index contributed by atoms with van der Waals surface area (Å²) in [7, 11) is 0. The van der Waals surface area contributed by atoms with E-state index in [2.05, 4.69) is 20.8 Å². The molecular formula is C17H23NO3. The number of ether oxygens (including phenoxy) is 1. The van der Waals surface area contributed by atoms with Crippen molar-refractivity contribution in [3.05, 3.63) is 29.8 Å². The maximum Gasteiger partial charge on any atom is 0.329 e. The molecule has 0 aromatic heterocycles. The van der Waals surface area contributed by atoms with Crippen molar-refractivity contribution in [2.75, 3.05) is 11.5 Å². The van der Waals surface area contributed by atoms with E-state index < -0.39 is 6.04 Å². The highest BCUT2D eigenvalue weighted by atomic mass is 16.5. The van der Waals surface area contributed by atoms with Gasteiger partial charge in [0.25, 0.3) is 0 Å². The van der Waals surface area contributed by atoms with Crippen LogP contribution in [0.3, 0.4) is 0 Å². The van der Waals surface area contributed by atoms with Crippen molar-refractivity contribution in [1.29, 1.82) is 0 Å². The van der Waals surface area contributed by atoms with Gasteiger partial charge in [0.15, 0.2) is 0 Å². The summed E-state index contributed by atoms with van der Waals surface area (Å²) < 4.78 is 5.07. The molecule has 1 aliphatic heterocycles. The third-order valence-corrected chi connectivity index (χ3v) is 3.78. The smallest absolute Gasteiger partial charge is 0.329 e. The number of rotatable bonds is 3. The Hall–Kier alpha value is -1.84. The van der Waals surface area contributed by atoms with Crippen LogP contribution in [0.25, 0.3) is 0 Å². The first-order valence-electron chi connectivity index (χ1n) is 7.44. The van der Waals surface area contributed by atoms with Crippen LogP contribution >= 0.6 is 0 Å². The summed E-state index contributed by atoms with van der Waals surface area (Å²) in [4.78, 5) is 25.7. The van der Waals surface area contributed by atoms with Crippen LogP contribution in [0.15, 0.2) is 24.3 Å². The first kappa shape index (κ1) is 15.5. The van der Waals surface area contributed by atoms with Crippen molar-refractivity contribution < 1.29 is 14.3 Å². The van der Waals surface area contributed by atoms with Gasteiger partial charge in [0.05, 0.1) is 6.61 Å². The highest BCUT2D eigenvalue weighted by molar-refractivity contribution is 6.02. The molecule has 0 radical (unpaired) electrons. The van der Waals surface area contributed by atoms with Crippen LogP contribution in [0.5, 0.6) is 0 Å². The molecule has 1 fully saturated rings. The number of benzene rings is 1. The molecule has 0 aliphatic carbocycles. The van der Waals surface area contributed by atoms with Crippen LogP contribution in [0.2, 0.25) is 0 Å². The van der Waals surface area contributed by atoms with Crippen LogP contribution in [0.1, 0.15) is 46.1 Å². The average Bonchev–Trinajstić information content (AvgIpc) is 2.80. The largest absolute Gasteiger partial charge is 0.464 e. The number of nitrogens with zero attached hydrogens (tertiary/aromatic N) is 1. The molecule has 2 rings (SSSR count). The van der Waals surface area contributed by atoms with Crippen molar-refractivity contribution in [3.8, 4) is 0 Å². The van der Waals surface area contributed by atoms with Crippen LogP contribution in [-0.4, -0.2) is 24.5 Å². The van der Waals surface area contributed by atoms with Gasteiger partial charge in [-0.3, -0.25) is 9.69 Å². The molecule has 1 aliphatic rings. The van der Waals surface area contributed by atoms with E-state index >= 15 is 0 Å². The number of hydrogen-bond donors (Lipinski definition) is 0. The van der Waals surface area contributed by atoms with Gasteiger partial charge in [0.1, 0.15) is 6.04 Å². The number of carbonyl (C=O) groups is 2. The standard InChI is InChI=1S/C17H23NO3/c1-5-21-16(20)14-10-11-15(19)18(14)13-8-6-12(7-9-13)17(2,3)4/h6-9,14H,5,10-11H2,1-4H3. The molecule has 4 nitrogen and oxygen atoms in total. The van der Waals surface area contributed by atoms with E-state index in [4.69, 9.17) is 4.74 Å².